The molecular formula is C3H4O5. The molecule has 0 atom stereocenters. The first-order valence-electron chi connectivity index (χ1n) is 1.68. The Morgan fingerprint density at radius 2 is 2.38 bits per heavy atom. The average Bonchev–Trinajstić information content (AvgIpc) is 1.66. The van der Waals surface area contributed by atoms with Crippen molar-refractivity contribution < 1.29 is 24.2 Å². The topological polar surface area (TPSA) is 72.8 Å². The molecule has 0 aromatic carbocycles. The van der Waals surface area contributed by atoms with Gasteiger partial charge < -0.3 is 14.6 Å². The minimum atomic E-state index is -1.47. The standard InChI is InChI=1S/C3H4O5/c4-1-7-2-8-3(5)6/h1H,2H2,(H,5,6). The molecule has 5 nitrogen and oxygen atoms in total. The van der Waals surface area contributed by atoms with Crippen LogP contribution in [0.1, 0.15) is 0 Å². The molecule has 0 amide bonds. The quantitative estimate of drug-likeness (QED) is 0.242. The number of carbonyl (C=O) groups excluding carboxylic acids is 1. The molecule has 0 radical (unpaired) electrons. The van der Waals surface area contributed by atoms with Crippen LogP contribution in [0.15, 0.2) is 0 Å². The second-order valence-electron chi connectivity index (χ2n) is 0.791. The fourth-order valence-electron chi connectivity index (χ4n) is 0.112. The second-order valence-corrected chi connectivity index (χ2v) is 0.791. The summed E-state index contributed by atoms with van der Waals surface area (Å²) in [5.74, 6) is 0. The zero-order chi connectivity index (χ0) is 6.41. The molecule has 5 heteroatoms. The van der Waals surface area contributed by atoms with E-state index < -0.39 is 12.9 Å². The Labute approximate surface area is 44.8 Å². The SMILES string of the molecule is O=COCOC(=O)O. The molecular weight excluding hydrogens is 116 g/mol. The molecule has 0 bridgehead atoms. The summed E-state index contributed by atoms with van der Waals surface area (Å²) in [5.41, 5.74) is 0. The molecule has 0 aliphatic carbocycles. The fraction of sp³-hybridized carbons (Fsp3) is 0.333. The van der Waals surface area contributed by atoms with Crippen LogP contribution < -0.4 is 0 Å². The van der Waals surface area contributed by atoms with Gasteiger partial charge in [0.05, 0.1) is 0 Å². The number of carbonyl (C=O) groups is 2. The van der Waals surface area contributed by atoms with E-state index >= 15 is 0 Å². The summed E-state index contributed by atoms with van der Waals surface area (Å²) in [6.45, 7) is -0.443. The minimum absolute atomic E-state index is 0.100. The normalized spacial score (nSPS) is 7.50. The smallest absolute Gasteiger partial charge is 0.450 e. The third-order valence-electron chi connectivity index (χ3n) is 0.318. The molecule has 46 valence electrons. The van der Waals surface area contributed by atoms with Crippen molar-refractivity contribution in [2.24, 2.45) is 0 Å². The number of ether oxygens (including phenoxy) is 2. The Hall–Kier alpha value is -1.26. The van der Waals surface area contributed by atoms with Gasteiger partial charge in [-0.2, -0.15) is 0 Å². The lowest BCUT2D eigenvalue weighted by atomic mass is 11.3. The van der Waals surface area contributed by atoms with Crippen LogP contribution in [-0.2, 0) is 14.3 Å². The van der Waals surface area contributed by atoms with E-state index in [-0.39, 0.29) is 6.47 Å². The predicted molar refractivity (Wildman–Crippen MR) is 21.1 cm³/mol. The van der Waals surface area contributed by atoms with Gasteiger partial charge in [0.1, 0.15) is 0 Å². The van der Waals surface area contributed by atoms with Crippen molar-refractivity contribution in [1.82, 2.24) is 0 Å². The van der Waals surface area contributed by atoms with Crippen LogP contribution in [-0.4, -0.2) is 24.5 Å². The highest BCUT2D eigenvalue weighted by Gasteiger charge is 1.91. The van der Waals surface area contributed by atoms with Crippen LogP contribution in [0.2, 0.25) is 0 Å². The maximum absolute atomic E-state index is 9.46. The van der Waals surface area contributed by atoms with Gasteiger partial charge in [0, 0.05) is 0 Å². The van der Waals surface area contributed by atoms with E-state index in [1.807, 2.05) is 0 Å². The van der Waals surface area contributed by atoms with Crippen LogP contribution >= 0.6 is 0 Å². The zero-order valence-electron chi connectivity index (χ0n) is 3.86. The largest absolute Gasteiger partial charge is 0.508 e. The van der Waals surface area contributed by atoms with Gasteiger partial charge in [-0.3, -0.25) is 4.79 Å². The molecule has 0 spiro atoms. The number of carboxylic acid groups (broad SMARTS) is 1. The van der Waals surface area contributed by atoms with Crippen molar-refractivity contribution in [2.75, 3.05) is 6.79 Å². The van der Waals surface area contributed by atoms with Crippen LogP contribution in [0, 0.1) is 0 Å². The van der Waals surface area contributed by atoms with E-state index in [1.165, 1.54) is 0 Å². The van der Waals surface area contributed by atoms with Crippen molar-refractivity contribution in [3.63, 3.8) is 0 Å². The van der Waals surface area contributed by atoms with Crippen LogP contribution in [0.3, 0.4) is 0 Å². The van der Waals surface area contributed by atoms with Gasteiger partial charge in [-0.05, 0) is 0 Å². The van der Waals surface area contributed by atoms with Crippen molar-refractivity contribution in [2.45, 2.75) is 0 Å². The van der Waals surface area contributed by atoms with Crippen molar-refractivity contribution in [1.29, 1.82) is 0 Å². The lowest BCUT2D eigenvalue weighted by Gasteiger charge is -1.93. The molecule has 0 heterocycles. The Balaban J connectivity index is 2.93. The first kappa shape index (κ1) is 6.74. The minimum Gasteiger partial charge on any atom is -0.450 e. The van der Waals surface area contributed by atoms with E-state index in [0.717, 1.165) is 0 Å². The summed E-state index contributed by atoms with van der Waals surface area (Å²) >= 11 is 0. The van der Waals surface area contributed by atoms with Crippen LogP contribution in [0.25, 0.3) is 0 Å². The van der Waals surface area contributed by atoms with Gasteiger partial charge >= 0.3 is 6.16 Å². The van der Waals surface area contributed by atoms with Crippen molar-refractivity contribution >= 4 is 12.6 Å². The summed E-state index contributed by atoms with van der Waals surface area (Å²) in [5, 5.41) is 7.72. The monoisotopic (exact) mass is 120 g/mol. The van der Waals surface area contributed by atoms with Gasteiger partial charge in [0.15, 0.2) is 0 Å². The molecule has 0 aliphatic heterocycles. The summed E-state index contributed by atoms with van der Waals surface area (Å²) in [7, 11) is 0. The average molecular weight is 120 g/mol. The third-order valence-corrected chi connectivity index (χ3v) is 0.318. The molecule has 0 aromatic rings. The first-order valence-corrected chi connectivity index (χ1v) is 1.68. The van der Waals surface area contributed by atoms with Gasteiger partial charge in [0.25, 0.3) is 6.47 Å². The highest BCUT2D eigenvalue weighted by Crippen LogP contribution is 1.73. The van der Waals surface area contributed by atoms with E-state index in [0.29, 0.717) is 0 Å². The molecule has 0 fully saturated rings. The molecule has 0 aliphatic rings. The lowest BCUT2D eigenvalue weighted by molar-refractivity contribution is -0.137. The summed E-state index contributed by atoms with van der Waals surface area (Å²) in [6.07, 6.45) is -1.47. The second kappa shape index (κ2) is 3.91. The number of rotatable bonds is 3. The van der Waals surface area contributed by atoms with E-state index in [2.05, 4.69) is 9.47 Å². The predicted octanol–water partition coefficient (Wildman–Crippen LogP) is -0.189. The maximum atomic E-state index is 9.46. The van der Waals surface area contributed by atoms with E-state index in [1.54, 1.807) is 0 Å². The molecule has 0 saturated heterocycles. The van der Waals surface area contributed by atoms with Gasteiger partial charge in [0.2, 0.25) is 6.79 Å². The van der Waals surface area contributed by atoms with Gasteiger partial charge in [-0.1, -0.05) is 0 Å². The van der Waals surface area contributed by atoms with Gasteiger partial charge in [-0.25, -0.2) is 4.79 Å². The summed E-state index contributed by atoms with van der Waals surface area (Å²) < 4.78 is 7.61. The molecule has 1 N–H and O–H groups in total. The third kappa shape index (κ3) is 4.74. The van der Waals surface area contributed by atoms with E-state index in [9.17, 15) is 9.59 Å². The Morgan fingerprint density at radius 3 is 2.75 bits per heavy atom. The number of hydrogen-bond acceptors (Lipinski definition) is 4. The molecule has 0 rings (SSSR count). The van der Waals surface area contributed by atoms with Crippen LogP contribution in [0.4, 0.5) is 4.79 Å². The van der Waals surface area contributed by atoms with Crippen molar-refractivity contribution in [3.05, 3.63) is 0 Å². The van der Waals surface area contributed by atoms with Crippen molar-refractivity contribution in [3.8, 4) is 0 Å². The highest BCUT2D eigenvalue weighted by atomic mass is 16.7. The lowest BCUT2D eigenvalue weighted by Crippen LogP contribution is -2.03. The Kier molecular flexibility index (Phi) is 3.30. The Bertz CT molecular complexity index is 87.7. The van der Waals surface area contributed by atoms with Crippen LogP contribution in [0.5, 0.6) is 0 Å². The molecule has 0 unspecified atom stereocenters. The summed E-state index contributed by atoms with van der Waals surface area (Å²) in [6, 6.07) is 0. The van der Waals surface area contributed by atoms with Gasteiger partial charge in [-0.15, -0.1) is 0 Å². The first-order chi connectivity index (χ1) is 3.77. The summed E-state index contributed by atoms with van der Waals surface area (Å²) in [4.78, 5) is 18.7. The maximum Gasteiger partial charge on any atom is 0.508 e. The highest BCUT2D eigenvalue weighted by molar-refractivity contribution is 5.56. The fourth-order valence-corrected chi connectivity index (χ4v) is 0.112. The molecule has 0 aromatic heterocycles. The molecule has 0 saturated carbocycles. The number of hydrogen-bond donors (Lipinski definition) is 1. The Morgan fingerprint density at radius 1 is 1.75 bits per heavy atom. The zero-order valence-corrected chi connectivity index (χ0v) is 3.86. The molecule has 8 heavy (non-hydrogen) atoms. The van der Waals surface area contributed by atoms with E-state index in [4.69, 9.17) is 5.11 Å².